The Morgan fingerprint density at radius 3 is 2.12 bits per heavy atom. The van der Waals surface area contributed by atoms with Gasteiger partial charge in [0, 0.05) is 46.3 Å². The van der Waals surface area contributed by atoms with Gasteiger partial charge in [0.1, 0.15) is 17.2 Å². The third-order valence-electron chi connectivity index (χ3n) is 12.1. The minimum absolute atomic E-state index is 0.00776. The number of methoxy groups -OCH3 is 2. The second-order valence-corrected chi connectivity index (χ2v) is 14.6. The summed E-state index contributed by atoms with van der Waals surface area (Å²) in [7, 11) is 3.48. The van der Waals surface area contributed by atoms with Crippen molar-refractivity contribution in [2.24, 2.45) is 0 Å². The third kappa shape index (κ3) is 4.92. The zero-order chi connectivity index (χ0) is 33.7. The number of ether oxygens (including phenoxy) is 4. The number of fused-ring (bicyclic) bond motifs is 9. The fraction of sp³-hybridized carbons (Fsp3) is 0.378. The second kappa shape index (κ2) is 12.7. The number of nitrogens with zero attached hydrogens (tertiary/aromatic N) is 1. The second-order valence-electron chi connectivity index (χ2n) is 14.6. The highest BCUT2D eigenvalue weighted by Crippen LogP contribution is 2.62. The van der Waals surface area contributed by atoms with Crippen LogP contribution in [-0.2, 0) is 15.8 Å². The Morgan fingerprint density at radius 1 is 0.720 bits per heavy atom. The van der Waals surface area contributed by atoms with Gasteiger partial charge in [-0.05, 0) is 102 Å². The summed E-state index contributed by atoms with van der Waals surface area (Å²) in [5.74, 6) is 2.63. The molecule has 256 valence electrons. The van der Waals surface area contributed by atoms with E-state index in [1.807, 2.05) is 12.1 Å². The zero-order valence-electron chi connectivity index (χ0n) is 29.4. The van der Waals surface area contributed by atoms with Crippen LogP contribution in [0.25, 0.3) is 22.4 Å². The van der Waals surface area contributed by atoms with Crippen molar-refractivity contribution < 1.29 is 18.9 Å². The highest BCUT2D eigenvalue weighted by molar-refractivity contribution is 6.07. The number of anilines is 1. The highest BCUT2D eigenvalue weighted by Gasteiger charge is 2.49. The standard InChI is InChI=1S/C45H47NO4/c1-47-34-18-14-32(15-19-34)45(31-12-16-33(17-13-31)46-26-28-49-29-27-46)25-22-38-42-41(36-21-20-35(48-2)30-39(36)43(38)50-45)37-10-6-7-11-40(37)44(42)23-8-4-3-5-9-24-44/h7,11-22,25,30H,3-6,8-10,23-24,26-29H2,1-2H3. The van der Waals surface area contributed by atoms with E-state index in [0.29, 0.717) is 0 Å². The van der Waals surface area contributed by atoms with Crippen molar-refractivity contribution in [2.45, 2.75) is 68.8 Å². The van der Waals surface area contributed by atoms with Gasteiger partial charge in [-0.2, -0.15) is 0 Å². The summed E-state index contributed by atoms with van der Waals surface area (Å²) in [5, 5.41) is 2.40. The number of rotatable bonds is 5. The Bertz CT molecular complexity index is 2010. The summed E-state index contributed by atoms with van der Waals surface area (Å²) < 4.78 is 24.8. The smallest absolute Gasteiger partial charge is 0.178 e. The van der Waals surface area contributed by atoms with E-state index >= 15 is 0 Å². The van der Waals surface area contributed by atoms with E-state index in [4.69, 9.17) is 18.9 Å². The van der Waals surface area contributed by atoms with Crippen LogP contribution in [0.2, 0.25) is 0 Å². The normalized spacial score (nSPS) is 22.4. The molecule has 0 amide bonds. The van der Waals surface area contributed by atoms with Crippen molar-refractivity contribution >= 4 is 28.1 Å². The van der Waals surface area contributed by atoms with Crippen LogP contribution in [0.1, 0.15) is 85.6 Å². The summed E-state index contributed by atoms with van der Waals surface area (Å²) in [4.78, 5) is 2.40. The van der Waals surface area contributed by atoms with Gasteiger partial charge in [-0.15, -0.1) is 0 Å². The number of morpholine rings is 1. The summed E-state index contributed by atoms with van der Waals surface area (Å²) >= 11 is 0. The van der Waals surface area contributed by atoms with Crippen LogP contribution in [0.15, 0.2) is 90.5 Å². The number of hydrogen-bond acceptors (Lipinski definition) is 5. The molecular formula is C45H47NO4. The first kappa shape index (κ1) is 31.5. The lowest BCUT2D eigenvalue weighted by Crippen LogP contribution is -2.37. The van der Waals surface area contributed by atoms with Crippen LogP contribution < -0.4 is 19.1 Å². The molecule has 0 radical (unpaired) electrons. The van der Waals surface area contributed by atoms with Crippen molar-refractivity contribution in [1.82, 2.24) is 0 Å². The van der Waals surface area contributed by atoms with E-state index < -0.39 is 5.60 Å². The van der Waals surface area contributed by atoms with Gasteiger partial charge in [0.15, 0.2) is 5.60 Å². The molecule has 0 aromatic heterocycles. The van der Waals surface area contributed by atoms with Crippen LogP contribution in [0.5, 0.6) is 17.2 Å². The van der Waals surface area contributed by atoms with Crippen LogP contribution in [-0.4, -0.2) is 40.5 Å². The molecule has 1 atom stereocenters. The summed E-state index contributed by atoms with van der Waals surface area (Å²) in [5.41, 5.74) is 9.89. The predicted molar refractivity (Wildman–Crippen MR) is 203 cm³/mol. The largest absolute Gasteiger partial charge is 0.497 e. The summed E-state index contributed by atoms with van der Waals surface area (Å²) in [6.07, 6.45) is 20.7. The third-order valence-corrected chi connectivity index (χ3v) is 12.1. The molecule has 1 saturated heterocycles. The van der Waals surface area contributed by atoms with Crippen molar-refractivity contribution in [1.29, 1.82) is 0 Å². The molecule has 2 heterocycles. The maximum Gasteiger partial charge on any atom is 0.178 e. The highest BCUT2D eigenvalue weighted by atomic mass is 16.5. The average molecular weight is 666 g/mol. The van der Waals surface area contributed by atoms with Gasteiger partial charge in [-0.25, -0.2) is 0 Å². The molecule has 9 rings (SSSR count). The maximum absolute atomic E-state index is 7.68. The fourth-order valence-corrected chi connectivity index (χ4v) is 9.65. The van der Waals surface area contributed by atoms with Crippen LogP contribution in [0.3, 0.4) is 0 Å². The van der Waals surface area contributed by atoms with Gasteiger partial charge in [0.2, 0.25) is 0 Å². The fourth-order valence-electron chi connectivity index (χ4n) is 9.65. The molecule has 1 spiro atoms. The first-order valence-corrected chi connectivity index (χ1v) is 18.7. The molecule has 0 bridgehead atoms. The lowest BCUT2D eigenvalue weighted by atomic mass is 9.66. The molecule has 1 unspecified atom stereocenters. The predicted octanol–water partition coefficient (Wildman–Crippen LogP) is 10.1. The Kier molecular flexibility index (Phi) is 7.99. The van der Waals surface area contributed by atoms with Crippen molar-refractivity contribution in [3.8, 4) is 17.2 Å². The molecule has 2 aliphatic heterocycles. The summed E-state index contributed by atoms with van der Waals surface area (Å²) in [6.45, 7) is 3.33. The van der Waals surface area contributed by atoms with E-state index in [1.54, 1.807) is 25.4 Å². The van der Waals surface area contributed by atoms with E-state index in [0.717, 1.165) is 72.9 Å². The molecule has 5 nitrogen and oxygen atoms in total. The number of allylic oxidation sites excluding steroid dienone is 4. The molecule has 5 aliphatic rings. The van der Waals surface area contributed by atoms with Crippen molar-refractivity contribution in [2.75, 3.05) is 45.4 Å². The van der Waals surface area contributed by atoms with Crippen LogP contribution in [0.4, 0.5) is 5.69 Å². The summed E-state index contributed by atoms with van der Waals surface area (Å²) in [6, 6.07) is 24.0. The van der Waals surface area contributed by atoms with Gasteiger partial charge < -0.3 is 23.8 Å². The van der Waals surface area contributed by atoms with Gasteiger partial charge >= 0.3 is 0 Å². The Balaban J connectivity index is 1.28. The van der Waals surface area contributed by atoms with Crippen LogP contribution >= 0.6 is 0 Å². The molecular weight excluding hydrogens is 618 g/mol. The molecule has 3 aliphatic carbocycles. The Labute approximate surface area is 296 Å². The first-order chi connectivity index (χ1) is 24.6. The average Bonchev–Trinajstić information content (AvgIpc) is 3.47. The molecule has 1 saturated carbocycles. The minimum atomic E-state index is -0.841. The molecule has 50 heavy (non-hydrogen) atoms. The van der Waals surface area contributed by atoms with Gasteiger partial charge in [-0.3, -0.25) is 0 Å². The minimum Gasteiger partial charge on any atom is -0.497 e. The lowest BCUT2D eigenvalue weighted by molar-refractivity contribution is 0.122. The molecule has 4 aromatic rings. The number of benzene rings is 4. The van der Waals surface area contributed by atoms with E-state index in [9.17, 15) is 0 Å². The van der Waals surface area contributed by atoms with E-state index in [2.05, 4.69) is 83.8 Å². The quantitative estimate of drug-likeness (QED) is 0.212. The van der Waals surface area contributed by atoms with Crippen LogP contribution in [0, 0.1) is 0 Å². The Hall–Kier alpha value is -4.48. The molecule has 5 heteroatoms. The lowest BCUT2D eigenvalue weighted by Gasteiger charge is -2.41. The van der Waals surface area contributed by atoms with Crippen molar-refractivity contribution in [3.05, 3.63) is 118 Å². The molecule has 4 aromatic carbocycles. The van der Waals surface area contributed by atoms with Gasteiger partial charge in [0.25, 0.3) is 0 Å². The first-order valence-electron chi connectivity index (χ1n) is 18.7. The monoisotopic (exact) mass is 665 g/mol. The van der Waals surface area contributed by atoms with E-state index in [-0.39, 0.29) is 5.41 Å². The van der Waals surface area contributed by atoms with Gasteiger partial charge in [0.05, 0.1) is 27.4 Å². The molecule has 2 fully saturated rings. The van der Waals surface area contributed by atoms with E-state index in [1.165, 1.54) is 72.7 Å². The van der Waals surface area contributed by atoms with Gasteiger partial charge in [-0.1, -0.05) is 74.6 Å². The Morgan fingerprint density at radius 2 is 1.40 bits per heavy atom. The SMILES string of the molecule is COc1ccc(C2(c3ccc(N4CCOCC4)cc3)C=Cc3c4c(c5ccc(OC)cc5c3O2)C2=C(C=CCC2)C42CCCCCCC2)cc1. The topological polar surface area (TPSA) is 40.2 Å². The maximum atomic E-state index is 7.68. The molecule has 0 N–H and O–H groups in total. The zero-order valence-corrected chi connectivity index (χ0v) is 29.4. The number of hydrogen-bond donors (Lipinski definition) is 0. The van der Waals surface area contributed by atoms with Crippen molar-refractivity contribution in [3.63, 3.8) is 0 Å².